The van der Waals surface area contributed by atoms with Gasteiger partial charge in [0, 0.05) is 6.54 Å². The monoisotopic (exact) mass is 269 g/mol. The standard InChI is InChI=1S/C15H23NO.ClH/c1-9-10(2)12(4)15(13(5)11(9)3)14-8-17-7-6-16-14;/h14,16H,6-8H2,1-5H3;1H/t14-;/m0./s1. The summed E-state index contributed by atoms with van der Waals surface area (Å²) in [5.41, 5.74) is 8.58. The number of benzene rings is 1. The van der Waals surface area contributed by atoms with Crippen molar-refractivity contribution in [1.82, 2.24) is 5.32 Å². The lowest BCUT2D eigenvalue weighted by Crippen LogP contribution is -2.35. The number of hydrogen-bond acceptors (Lipinski definition) is 2. The van der Waals surface area contributed by atoms with Gasteiger partial charge >= 0.3 is 0 Å². The van der Waals surface area contributed by atoms with Gasteiger partial charge in [0.2, 0.25) is 0 Å². The molecule has 0 radical (unpaired) electrons. The fourth-order valence-electron chi connectivity index (χ4n) is 2.80. The molecule has 2 nitrogen and oxygen atoms in total. The van der Waals surface area contributed by atoms with Crippen LogP contribution in [-0.4, -0.2) is 19.8 Å². The van der Waals surface area contributed by atoms with E-state index in [1.54, 1.807) is 0 Å². The van der Waals surface area contributed by atoms with Crippen molar-refractivity contribution in [1.29, 1.82) is 0 Å². The molecule has 1 aliphatic rings. The molecular formula is C15H24ClNO. The molecule has 1 saturated heterocycles. The molecule has 0 amide bonds. The van der Waals surface area contributed by atoms with Crippen LogP contribution >= 0.6 is 12.4 Å². The summed E-state index contributed by atoms with van der Waals surface area (Å²) in [4.78, 5) is 0. The zero-order valence-corrected chi connectivity index (χ0v) is 12.8. The third-order valence-electron chi connectivity index (χ3n) is 4.33. The van der Waals surface area contributed by atoms with Gasteiger partial charge in [-0.25, -0.2) is 0 Å². The Hall–Kier alpha value is -0.570. The van der Waals surface area contributed by atoms with E-state index in [-0.39, 0.29) is 12.4 Å². The van der Waals surface area contributed by atoms with Gasteiger partial charge in [0.25, 0.3) is 0 Å². The van der Waals surface area contributed by atoms with Crippen LogP contribution in [0.15, 0.2) is 0 Å². The molecule has 1 aromatic rings. The van der Waals surface area contributed by atoms with Crippen molar-refractivity contribution in [3.05, 3.63) is 33.4 Å². The van der Waals surface area contributed by atoms with E-state index in [0.29, 0.717) is 6.04 Å². The molecule has 102 valence electrons. The van der Waals surface area contributed by atoms with E-state index in [0.717, 1.165) is 19.8 Å². The first-order valence-corrected chi connectivity index (χ1v) is 6.42. The predicted molar refractivity (Wildman–Crippen MR) is 78.9 cm³/mol. The highest BCUT2D eigenvalue weighted by molar-refractivity contribution is 5.85. The number of hydrogen-bond donors (Lipinski definition) is 1. The Morgan fingerprint density at radius 3 is 1.83 bits per heavy atom. The molecule has 0 spiro atoms. The lowest BCUT2D eigenvalue weighted by molar-refractivity contribution is 0.0764. The van der Waals surface area contributed by atoms with Crippen molar-refractivity contribution in [3.63, 3.8) is 0 Å². The Labute approximate surface area is 117 Å². The third kappa shape index (κ3) is 2.56. The molecular weight excluding hydrogens is 246 g/mol. The van der Waals surface area contributed by atoms with Crippen molar-refractivity contribution in [2.24, 2.45) is 0 Å². The highest BCUT2D eigenvalue weighted by Crippen LogP contribution is 2.31. The largest absolute Gasteiger partial charge is 0.378 e. The fraction of sp³-hybridized carbons (Fsp3) is 0.600. The maximum Gasteiger partial charge on any atom is 0.0662 e. The second kappa shape index (κ2) is 6.05. The summed E-state index contributed by atoms with van der Waals surface area (Å²) in [6.45, 7) is 13.7. The minimum absolute atomic E-state index is 0. The zero-order valence-electron chi connectivity index (χ0n) is 12.0. The number of nitrogens with one attached hydrogen (secondary N) is 1. The number of halogens is 1. The maximum absolute atomic E-state index is 5.59. The molecule has 1 fully saturated rings. The van der Waals surface area contributed by atoms with Gasteiger partial charge in [-0.3, -0.25) is 0 Å². The van der Waals surface area contributed by atoms with Crippen molar-refractivity contribution >= 4 is 12.4 Å². The minimum atomic E-state index is 0. The van der Waals surface area contributed by atoms with Gasteiger partial charge in [0.05, 0.1) is 19.3 Å². The van der Waals surface area contributed by atoms with E-state index in [1.807, 2.05) is 0 Å². The minimum Gasteiger partial charge on any atom is -0.378 e. The molecule has 0 aliphatic carbocycles. The number of ether oxygens (including phenoxy) is 1. The van der Waals surface area contributed by atoms with Crippen molar-refractivity contribution in [3.8, 4) is 0 Å². The molecule has 0 saturated carbocycles. The van der Waals surface area contributed by atoms with Crippen molar-refractivity contribution < 1.29 is 4.74 Å². The Morgan fingerprint density at radius 2 is 1.39 bits per heavy atom. The van der Waals surface area contributed by atoms with Crippen LogP contribution in [0.3, 0.4) is 0 Å². The molecule has 1 N–H and O–H groups in total. The molecule has 1 atom stereocenters. The number of morpholine rings is 1. The van der Waals surface area contributed by atoms with Crippen molar-refractivity contribution in [2.75, 3.05) is 19.8 Å². The van der Waals surface area contributed by atoms with Gasteiger partial charge < -0.3 is 10.1 Å². The smallest absolute Gasteiger partial charge is 0.0662 e. The SMILES string of the molecule is Cc1c(C)c(C)c([C@@H]2COCCN2)c(C)c1C.Cl. The topological polar surface area (TPSA) is 21.3 Å². The molecule has 2 rings (SSSR count). The zero-order chi connectivity index (χ0) is 12.6. The van der Waals surface area contributed by atoms with E-state index in [2.05, 4.69) is 39.9 Å². The molecule has 0 bridgehead atoms. The normalized spacial score (nSPS) is 19.5. The fourth-order valence-corrected chi connectivity index (χ4v) is 2.80. The van der Waals surface area contributed by atoms with Crippen LogP contribution < -0.4 is 5.32 Å². The summed E-state index contributed by atoms with van der Waals surface area (Å²) in [5, 5.41) is 3.57. The van der Waals surface area contributed by atoms with Crippen LogP contribution in [0.2, 0.25) is 0 Å². The predicted octanol–water partition coefficient (Wildman–Crippen LogP) is 3.31. The van der Waals surface area contributed by atoms with E-state index >= 15 is 0 Å². The molecule has 1 heterocycles. The van der Waals surface area contributed by atoms with Gasteiger partial charge in [0.1, 0.15) is 0 Å². The van der Waals surface area contributed by atoms with Crippen LogP contribution in [-0.2, 0) is 4.74 Å². The van der Waals surface area contributed by atoms with E-state index in [9.17, 15) is 0 Å². The van der Waals surface area contributed by atoms with Crippen LogP contribution in [0.25, 0.3) is 0 Å². The van der Waals surface area contributed by atoms with Gasteiger partial charge in [0.15, 0.2) is 0 Å². The van der Waals surface area contributed by atoms with Gasteiger partial charge in [-0.15, -0.1) is 12.4 Å². The second-order valence-electron chi connectivity index (χ2n) is 5.12. The van der Waals surface area contributed by atoms with E-state index in [4.69, 9.17) is 4.74 Å². The second-order valence-corrected chi connectivity index (χ2v) is 5.12. The first-order valence-electron chi connectivity index (χ1n) is 6.42. The molecule has 0 unspecified atom stereocenters. The molecule has 1 aromatic carbocycles. The van der Waals surface area contributed by atoms with Crippen LogP contribution in [0.5, 0.6) is 0 Å². The Morgan fingerprint density at radius 1 is 0.889 bits per heavy atom. The van der Waals surface area contributed by atoms with E-state index in [1.165, 1.54) is 33.4 Å². The van der Waals surface area contributed by atoms with Gasteiger partial charge in [-0.05, 0) is 68.0 Å². The van der Waals surface area contributed by atoms with Crippen molar-refractivity contribution in [2.45, 2.75) is 40.7 Å². The van der Waals surface area contributed by atoms with Gasteiger partial charge in [-0.1, -0.05) is 0 Å². The first kappa shape index (κ1) is 15.5. The highest BCUT2D eigenvalue weighted by atomic mass is 35.5. The number of rotatable bonds is 1. The summed E-state index contributed by atoms with van der Waals surface area (Å²) in [6.07, 6.45) is 0. The summed E-state index contributed by atoms with van der Waals surface area (Å²) in [5.74, 6) is 0. The molecule has 0 aromatic heterocycles. The molecule has 1 aliphatic heterocycles. The van der Waals surface area contributed by atoms with Gasteiger partial charge in [-0.2, -0.15) is 0 Å². The van der Waals surface area contributed by atoms with E-state index < -0.39 is 0 Å². The lowest BCUT2D eigenvalue weighted by Gasteiger charge is -2.29. The van der Waals surface area contributed by atoms with Crippen LogP contribution in [0.1, 0.15) is 39.4 Å². The average Bonchev–Trinajstić information content (AvgIpc) is 2.36. The third-order valence-corrected chi connectivity index (χ3v) is 4.33. The molecule has 3 heteroatoms. The Bertz CT molecular complexity index is 408. The Balaban J connectivity index is 0.00000162. The summed E-state index contributed by atoms with van der Waals surface area (Å²) < 4.78 is 5.59. The summed E-state index contributed by atoms with van der Waals surface area (Å²) in [6, 6.07) is 0.363. The first-order chi connectivity index (χ1) is 8.04. The summed E-state index contributed by atoms with van der Waals surface area (Å²) in [7, 11) is 0. The highest BCUT2D eigenvalue weighted by Gasteiger charge is 2.22. The lowest BCUT2D eigenvalue weighted by atomic mass is 9.86. The maximum atomic E-state index is 5.59. The quantitative estimate of drug-likeness (QED) is 0.845. The summed E-state index contributed by atoms with van der Waals surface area (Å²) >= 11 is 0. The average molecular weight is 270 g/mol. The van der Waals surface area contributed by atoms with Crippen LogP contribution in [0, 0.1) is 34.6 Å². The Kier molecular flexibility index (Phi) is 5.20. The molecule has 18 heavy (non-hydrogen) atoms. The van der Waals surface area contributed by atoms with Crippen LogP contribution in [0.4, 0.5) is 0 Å².